The number of aromatic nitrogens is 4. The van der Waals surface area contributed by atoms with E-state index in [9.17, 15) is 0 Å². The molecule has 3 rings (SSSR count). The molecule has 0 aliphatic heterocycles. The average Bonchev–Trinajstić information content (AvgIpc) is 3.28. The number of nitrogens with zero attached hydrogens (tertiary/aromatic N) is 4. The third kappa shape index (κ3) is 2.79. The number of methoxy groups -OCH3 is 1. The molecule has 0 radical (unpaired) electrons. The van der Waals surface area contributed by atoms with Crippen molar-refractivity contribution in [2.24, 2.45) is 11.3 Å². The zero-order valence-electron chi connectivity index (χ0n) is 11.8. The maximum atomic E-state index is 5.05. The van der Waals surface area contributed by atoms with Crippen LogP contribution in [-0.4, -0.2) is 40.5 Å². The molecule has 0 bridgehead atoms. The quantitative estimate of drug-likeness (QED) is 0.715. The van der Waals surface area contributed by atoms with Crippen molar-refractivity contribution >= 4 is 0 Å². The van der Waals surface area contributed by atoms with Crippen LogP contribution in [0.3, 0.4) is 0 Å². The summed E-state index contributed by atoms with van der Waals surface area (Å²) < 4.78 is 7.06. The van der Waals surface area contributed by atoms with Crippen LogP contribution < -0.4 is 5.32 Å². The minimum absolute atomic E-state index is 0.167. The van der Waals surface area contributed by atoms with Crippen LogP contribution in [0.1, 0.15) is 44.5 Å². The maximum absolute atomic E-state index is 5.05. The highest BCUT2D eigenvalue weighted by Gasteiger charge is 2.54. The van der Waals surface area contributed by atoms with Gasteiger partial charge >= 0.3 is 0 Å². The Morgan fingerprint density at radius 1 is 1.47 bits per heavy atom. The van der Waals surface area contributed by atoms with Crippen LogP contribution in [-0.2, 0) is 11.3 Å². The van der Waals surface area contributed by atoms with E-state index in [1.807, 2.05) is 4.68 Å². The Morgan fingerprint density at radius 3 is 2.89 bits per heavy atom. The molecule has 1 aromatic rings. The predicted octanol–water partition coefficient (Wildman–Crippen LogP) is 1.16. The minimum Gasteiger partial charge on any atom is -0.383 e. The van der Waals surface area contributed by atoms with E-state index in [1.165, 1.54) is 25.7 Å². The molecule has 6 nitrogen and oxygen atoms in total. The summed E-state index contributed by atoms with van der Waals surface area (Å²) in [5, 5.41) is 15.6. The first-order valence-electron chi connectivity index (χ1n) is 7.23. The second kappa shape index (κ2) is 5.17. The normalized spacial score (nSPS) is 22.4. The van der Waals surface area contributed by atoms with Crippen molar-refractivity contribution in [2.45, 2.75) is 45.2 Å². The molecule has 19 heavy (non-hydrogen) atoms. The fourth-order valence-corrected chi connectivity index (χ4v) is 2.95. The SMILES string of the molecule is COCCNC(C)c1nnnn1CC1(C2CC2)CC1. The molecule has 2 fully saturated rings. The second-order valence-corrected chi connectivity index (χ2v) is 6.00. The van der Waals surface area contributed by atoms with E-state index in [2.05, 4.69) is 27.8 Å². The molecule has 1 aromatic heterocycles. The van der Waals surface area contributed by atoms with Gasteiger partial charge in [0.05, 0.1) is 19.2 Å². The van der Waals surface area contributed by atoms with Gasteiger partial charge in [-0.1, -0.05) is 0 Å². The van der Waals surface area contributed by atoms with Crippen LogP contribution in [0.15, 0.2) is 0 Å². The largest absolute Gasteiger partial charge is 0.383 e. The summed E-state index contributed by atoms with van der Waals surface area (Å²) in [6.07, 6.45) is 5.50. The molecule has 2 saturated carbocycles. The van der Waals surface area contributed by atoms with Gasteiger partial charge in [0, 0.05) is 13.7 Å². The van der Waals surface area contributed by atoms with Crippen molar-refractivity contribution in [2.75, 3.05) is 20.3 Å². The fourth-order valence-electron chi connectivity index (χ4n) is 2.95. The minimum atomic E-state index is 0.167. The van der Waals surface area contributed by atoms with Gasteiger partial charge in [-0.2, -0.15) is 0 Å². The van der Waals surface area contributed by atoms with Crippen LogP contribution in [0.2, 0.25) is 0 Å². The monoisotopic (exact) mass is 265 g/mol. The van der Waals surface area contributed by atoms with Crippen LogP contribution in [0.5, 0.6) is 0 Å². The number of tetrazole rings is 1. The van der Waals surface area contributed by atoms with E-state index in [0.29, 0.717) is 12.0 Å². The summed E-state index contributed by atoms with van der Waals surface area (Å²) >= 11 is 0. The van der Waals surface area contributed by atoms with E-state index in [-0.39, 0.29) is 6.04 Å². The van der Waals surface area contributed by atoms with Gasteiger partial charge in [-0.3, -0.25) is 0 Å². The average molecular weight is 265 g/mol. The van der Waals surface area contributed by atoms with E-state index < -0.39 is 0 Å². The summed E-state index contributed by atoms with van der Waals surface area (Å²) in [5.74, 6) is 1.88. The zero-order valence-corrected chi connectivity index (χ0v) is 11.8. The molecule has 2 aliphatic rings. The smallest absolute Gasteiger partial charge is 0.167 e. The van der Waals surface area contributed by atoms with Crippen molar-refractivity contribution in [3.63, 3.8) is 0 Å². The van der Waals surface area contributed by atoms with Gasteiger partial charge in [0.15, 0.2) is 5.82 Å². The van der Waals surface area contributed by atoms with Crippen LogP contribution in [0.25, 0.3) is 0 Å². The van der Waals surface area contributed by atoms with Crippen molar-refractivity contribution in [1.82, 2.24) is 25.5 Å². The molecule has 1 unspecified atom stereocenters. The van der Waals surface area contributed by atoms with Crippen LogP contribution >= 0.6 is 0 Å². The first-order valence-corrected chi connectivity index (χ1v) is 7.23. The molecular weight excluding hydrogens is 242 g/mol. The lowest BCUT2D eigenvalue weighted by Gasteiger charge is -2.17. The summed E-state index contributed by atoms with van der Waals surface area (Å²) in [5.41, 5.74) is 0.524. The summed E-state index contributed by atoms with van der Waals surface area (Å²) in [6.45, 7) is 4.63. The molecule has 0 amide bonds. The molecule has 1 N–H and O–H groups in total. The summed E-state index contributed by atoms with van der Waals surface area (Å²) in [6, 6.07) is 0.167. The maximum Gasteiger partial charge on any atom is 0.167 e. The molecule has 6 heteroatoms. The topological polar surface area (TPSA) is 64.9 Å². The lowest BCUT2D eigenvalue weighted by molar-refractivity contribution is 0.195. The van der Waals surface area contributed by atoms with Crippen LogP contribution in [0.4, 0.5) is 0 Å². The number of hydrogen-bond acceptors (Lipinski definition) is 5. The Kier molecular flexibility index (Phi) is 3.54. The van der Waals surface area contributed by atoms with Gasteiger partial charge in [-0.25, -0.2) is 4.68 Å². The highest BCUT2D eigenvalue weighted by molar-refractivity contribution is 5.04. The summed E-state index contributed by atoms with van der Waals surface area (Å²) in [4.78, 5) is 0. The van der Waals surface area contributed by atoms with Gasteiger partial charge in [0.25, 0.3) is 0 Å². The first kappa shape index (κ1) is 13.0. The molecule has 1 heterocycles. The predicted molar refractivity (Wildman–Crippen MR) is 70.5 cm³/mol. The Hall–Kier alpha value is -1.01. The van der Waals surface area contributed by atoms with Gasteiger partial charge in [-0.15, -0.1) is 5.10 Å². The Balaban J connectivity index is 1.61. The Bertz CT molecular complexity index is 424. The molecule has 106 valence electrons. The highest BCUT2D eigenvalue weighted by Crippen LogP contribution is 2.62. The van der Waals surface area contributed by atoms with Crippen molar-refractivity contribution in [1.29, 1.82) is 0 Å². The molecule has 0 aromatic carbocycles. The van der Waals surface area contributed by atoms with Crippen molar-refractivity contribution in [3.8, 4) is 0 Å². The van der Waals surface area contributed by atoms with Gasteiger partial charge in [0.1, 0.15) is 0 Å². The van der Waals surface area contributed by atoms with Gasteiger partial charge in [-0.05, 0) is 54.4 Å². The fraction of sp³-hybridized carbons (Fsp3) is 0.923. The second-order valence-electron chi connectivity index (χ2n) is 6.00. The first-order chi connectivity index (χ1) is 9.25. The van der Waals surface area contributed by atoms with Gasteiger partial charge < -0.3 is 10.1 Å². The summed E-state index contributed by atoms with van der Waals surface area (Å²) in [7, 11) is 1.71. The van der Waals surface area contributed by atoms with E-state index >= 15 is 0 Å². The number of rotatable bonds is 8. The lowest BCUT2D eigenvalue weighted by Crippen LogP contribution is -2.27. The van der Waals surface area contributed by atoms with Gasteiger partial charge in [0.2, 0.25) is 0 Å². The number of hydrogen-bond donors (Lipinski definition) is 1. The van der Waals surface area contributed by atoms with Crippen molar-refractivity contribution < 1.29 is 4.74 Å². The molecule has 2 aliphatic carbocycles. The lowest BCUT2D eigenvalue weighted by atomic mass is 10.0. The number of nitrogens with one attached hydrogen (secondary N) is 1. The molecule has 0 spiro atoms. The van der Waals surface area contributed by atoms with E-state index in [4.69, 9.17) is 4.74 Å². The number of ether oxygens (including phenoxy) is 1. The zero-order chi connectivity index (χ0) is 13.3. The third-order valence-corrected chi connectivity index (χ3v) is 4.50. The molecule has 0 saturated heterocycles. The third-order valence-electron chi connectivity index (χ3n) is 4.50. The van der Waals surface area contributed by atoms with Crippen molar-refractivity contribution in [3.05, 3.63) is 5.82 Å². The van der Waals surface area contributed by atoms with E-state index in [0.717, 1.165) is 24.8 Å². The molecular formula is C13H23N5O. The standard InChI is InChI=1S/C13H23N5O/c1-10(14-7-8-19-2)12-15-16-17-18(12)9-13(5-6-13)11-3-4-11/h10-11,14H,3-9H2,1-2H3. The molecule has 1 atom stereocenters. The Labute approximate surface area is 113 Å². The highest BCUT2D eigenvalue weighted by atomic mass is 16.5. The van der Waals surface area contributed by atoms with E-state index in [1.54, 1.807) is 7.11 Å². The van der Waals surface area contributed by atoms with Crippen LogP contribution in [0, 0.1) is 11.3 Å². The Morgan fingerprint density at radius 2 is 2.26 bits per heavy atom.